The fourth-order valence-electron chi connectivity index (χ4n) is 3.51. The summed E-state index contributed by atoms with van der Waals surface area (Å²) in [7, 11) is 0. The van der Waals surface area contributed by atoms with Gasteiger partial charge in [-0.15, -0.1) is 0 Å². The molecule has 0 aliphatic heterocycles. The van der Waals surface area contributed by atoms with Crippen molar-refractivity contribution in [2.75, 3.05) is 5.32 Å². The average Bonchev–Trinajstić information content (AvgIpc) is 3.49. The van der Waals surface area contributed by atoms with E-state index < -0.39 is 0 Å². The Bertz CT molecular complexity index is 1300. The van der Waals surface area contributed by atoms with Gasteiger partial charge in [0.25, 0.3) is 5.91 Å². The van der Waals surface area contributed by atoms with Gasteiger partial charge < -0.3 is 19.6 Å². The molecule has 35 heavy (non-hydrogen) atoms. The van der Waals surface area contributed by atoms with Crippen molar-refractivity contribution in [3.8, 4) is 11.5 Å². The Kier molecular flexibility index (Phi) is 7.67. The van der Waals surface area contributed by atoms with Gasteiger partial charge in [0.2, 0.25) is 11.8 Å². The summed E-state index contributed by atoms with van der Waals surface area (Å²) in [5.41, 5.74) is 3.23. The number of anilines is 1. The summed E-state index contributed by atoms with van der Waals surface area (Å²) in [5, 5.41) is 9.52. The first-order chi connectivity index (χ1) is 17.0. The zero-order valence-corrected chi connectivity index (χ0v) is 19.7. The Labute approximate surface area is 203 Å². The van der Waals surface area contributed by atoms with Crippen LogP contribution in [0.1, 0.15) is 53.0 Å². The van der Waals surface area contributed by atoms with Gasteiger partial charge in [-0.3, -0.25) is 14.6 Å². The summed E-state index contributed by atoms with van der Waals surface area (Å²) < 4.78 is 11.0. The predicted molar refractivity (Wildman–Crippen MR) is 130 cm³/mol. The second-order valence-corrected chi connectivity index (χ2v) is 8.12. The third-order valence-corrected chi connectivity index (χ3v) is 5.35. The highest BCUT2D eigenvalue weighted by Crippen LogP contribution is 2.24. The van der Waals surface area contributed by atoms with E-state index in [1.54, 1.807) is 31.5 Å². The molecule has 9 nitrogen and oxygen atoms in total. The van der Waals surface area contributed by atoms with Crippen molar-refractivity contribution in [2.45, 2.75) is 46.1 Å². The van der Waals surface area contributed by atoms with E-state index in [0.717, 1.165) is 24.0 Å². The van der Waals surface area contributed by atoms with Crippen molar-refractivity contribution in [2.24, 2.45) is 0 Å². The molecule has 3 heterocycles. The van der Waals surface area contributed by atoms with Crippen LogP contribution in [0.2, 0.25) is 0 Å². The molecule has 4 aromatic rings. The summed E-state index contributed by atoms with van der Waals surface area (Å²) in [5.74, 6) is 1.26. The molecule has 0 aliphatic carbocycles. The van der Waals surface area contributed by atoms with E-state index in [-0.39, 0.29) is 24.1 Å². The predicted octanol–water partition coefficient (Wildman–Crippen LogP) is 4.49. The number of aryl methyl sites for hydroxylation is 3. The van der Waals surface area contributed by atoms with E-state index in [1.165, 1.54) is 0 Å². The monoisotopic (exact) mass is 473 g/mol. The number of carbonyl (C=O) groups excluding carboxylic acids is 2. The Balaban J connectivity index is 1.36. The normalized spacial score (nSPS) is 10.8. The number of aromatic nitrogens is 3. The lowest BCUT2D eigenvalue weighted by molar-refractivity contribution is -0.116. The molecule has 4 rings (SSSR count). The van der Waals surface area contributed by atoms with Crippen molar-refractivity contribution < 1.29 is 18.5 Å². The van der Waals surface area contributed by atoms with Crippen LogP contribution < -0.4 is 10.6 Å². The summed E-state index contributed by atoms with van der Waals surface area (Å²) in [4.78, 5) is 33.4. The molecule has 1 aromatic carbocycles. The van der Waals surface area contributed by atoms with Crippen molar-refractivity contribution in [1.29, 1.82) is 0 Å². The Morgan fingerprint density at radius 2 is 1.97 bits per heavy atom. The van der Waals surface area contributed by atoms with E-state index in [1.807, 2.05) is 37.3 Å². The van der Waals surface area contributed by atoms with E-state index in [0.29, 0.717) is 41.6 Å². The average molecular weight is 474 g/mol. The number of nitrogens with one attached hydrogen (secondary N) is 2. The molecule has 0 atom stereocenters. The summed E-state index contributed by atoms with van der Waals surface area (Å²) in [6.45, 7) is 4.01. The number of hydrogen-bond donors (Lipinski definition) is 2. The Morgan fingerprint density at radius 3 is 2.77 bits per heavy atom. The highest BCUT2D eigenvalue weighted by Gasteiger charge is 2.16. The number of amides is 2. The Morgan fingerprint density at radius 1 is 1.09 bits per heavy atom. The smallest absolute Gasteiger partial charge is 0.273 e. The fourth-order valence-corrected chi connectivity index (χ4v) is 3.51. The molecule has 3 aromatic heterocycles. The molecule has 0 unspecified atom stereocenters. The second-order valence-electron chi connectivity index (χ2n) is 8.12. The topological polar surface area (TPSA) is 123 Å². The van der Waals surface area contributed by atoms with E-state index in [9.17, 15) is 9.59 Å². The third kappa shape index (κ3) is 6.41. The van der Waals surface area contributed by atoms with Crippen molar-refractivity contribution in [1.82, 2.24) is 20.4 Å². The number of pyridine rings is 1. The summed E-state index contributed by atoms with van der Waals surface area (Å²) in [6.07, 6.45) is 6.07. The fraction of sp³-hybridized carbons (Fsp3) is 0.269. The molecule has 0 bridgehead atoms. The lowest BCUT2D eigenvalue weighted by atomic mass is 10.1. The maximum absolute atomic E-state index is 12.4. The number of nitrogens with zero attached hydrogens (tertiary/aromatic N) is 3. The zero-order chi connectivity index (χ0) is 24.6. The minimum absolute atomic E-state index is 0.0899. The quantitative estimate of drug-likeness (QED) is 0.348. The van der Waals surface area contributed by atoms with Gasteiger partial charge in [-0.25, -0.2) is 4.98 Å². The molecule has 0 aliphatic rings. The van der Waals surface area contributed by atoms with Crippen LogP contribution in [0.15, 0.2) is 63.8 Å². The van der Waals surface area contributed by atoms with Gasteiger partial charge in [-0.1, -0.05) is 24.2 Å². The van der Waals surface area contributed by atoms with Gasteiger partial charge in [-0.2, -0.15) is 0 Å². The third-order valence-electron chi connectivity index (χ3n) is 5.35. The molecule has 9 heteroatoms. The largest absolute Gasteiger partial charge is 0.441 e. The van der Waals surface area contributed by atoms with Crippen LogP contribution in [0.4, 0.5) is 5.69 Å². The van der Waals surface area contributed by atoms with E-state index in [4.69, 9.17) is 8.94 Å². The first kappa shape index (κ1) is 23.9. The van der Waals surface area contributed by atoms with Gasteiger partial charge in [0, 0.05) is 42.6 Å². The van der Waals surface area contributed by atoms with Crippen LogP contribution in [-0.4, -0.2) is 26.9 Å². The van der Waals surface area contributed by atoms with Crippen molar-refractivity contribution >= 4 is 17.5 Å². The molecule has 0 saturated carbocycles. The first-order valence-electron chi connectivity index (χ1n) is 11.5. The standard InChI is InChI=1S/C26H27N5O4/c1-3-6-21-14-22(31-35-21)25(33)28-16-23-17(2)34-26(30-23)19-8-4-9-20(13-19)29-24(32)11-10-18-7-5-12-27-15-18/h4-5,7-9,12-15H,3,6,10-11,16H2,1-2H3,(H,28,33)(H,29,32). The number of benzene rings is 1. The first-order valence-corrected chi connectivity index (χ1v) is 11.5. The second kappa shape index (κ2) is 11.2. The lowest BCUT2D eigenvalue weighted by Gasteiger charge is -2.06. The van der Waals surface area contributed by atoms with Crippen LogP contribution in [0.3, 0.4) is 0 Å². The number of carbonyl (C=O) groups is 2. The molecule has 2 N–H and O–H groups in total. The number of oxazole rings is 1. The molecular formula is C26H27N5O4. The van der Waals surface area contributed by atoms with Gasteiger partial charge in [0.1, 0.15) is 17.2 Å². The van der Waals surface area contributed by atoms with Gasteiger partial charge in [0.05, 0.1) is 6.54 Å². The van der Waals surface area contributed by atoms with Crippen molar-refractivity contribution in [3.05, 3.63) is 83.3 Å². The highest BCUT2D eigenvalue weighted by atomic mass is 16.5. The molecule has 0 spiro atoms. The molecule has 2 amide bonds. The molecule has 0 fully saturated rings. The zero-order valence-electron chi connectivity index (χ0n) is 19.7. The highest BCUT2D eigenvalue weighted by molar-refractivity contribution is 5.92. The van der Waals surface area contributed by atoms with Crippen LogP contribution >= 0.6 is 0 Å². The molecular weight excluding hydrogens is 446 g/mol. The minimum Gasteiger partial charge on any atom is -0.441 e. The summed E-state index contributed by atoms with van der Waals surface area (Å²) >= 11 is 0. The van der Waals surface area contributed by atoms with Gasteiger partial charge in [-0.05, 0) is 49.6 Å². The van der Waals surface area contributed by atoms with Gasteiger partial charge >= 0.3 is 0 Å². The maximum atomic E-state index is 12.4. The Hall–Kier alpha value is -4.27. The van der Waals surface area contributed by atoms with Crippen LogP contribution in [0.25, 0.3) is 11.5 Å². The van der Waals surface area contributed by atoms with Crippen LogP contribution in [0.5, 0.6) is 0 Å². The molecule has 0 saturated heterocycles. The SMILES string of the molecule is CCCc1cc(C(=O)NCc2nc(-c3cccc(NC(=O)CCc4cccnc4)c3)oc2C)no1. The minimum atomic E-state index is -0.337. The maximum Gasteiger partial charge on any atom is 0.273 e. The van der Waals surface area contributed by atoms with E-state index in [2.05, 4.69) is 25.8 Å². The van der Waals surface area contributed by atoms with Crippen LogP contribution in [0, 0.1) is 6.92 Å². The number of rotatable bonds is 10. The van der Waals surface area contributed by atoms with E-state index >= 15 is 0 Å². The van der Waals surface area contributed by atoms with Gasteiger partial charge in [0.15, 0.2) is 5.69 Å². The molecule has 0 radical (unpaired) electrons. The lowest BCUT2D eigenvalue weighted by Crippen LogP contribution is -2.23. The summed E-state index contributed by atoms with van der Waals surface area (Å²) in [6, 6.07) is 12.7. The number of hydrogen-bond acceptors (Lipinski definition) is 7. The molecule has 180 valence electrons. The van der Waals surface area contributed by atoms with Crippen molar-refractivity contribution in [3.63, 3.8) is 0 Å². The van der Waals surface area contributed by atoms with Crippen LogP contribution in [-0.2, 0) is 24.2 Å².